The van der Waals surface area contributed by atoms with Gasteiger partial charge in [-0.2, -0.15) is 0 Å². The average Bonchev–Trinajstić information content (AvgIpc) is 2.81. The molecule has 3 nitrogen and oxygen atoms in total. The Hall–Kier alpha value is -1.51. The molecule has 0 unspecified atom stereocenters. The number of piperidine rings is 1. The van der Waals surface area contributed by atoms with Crippen molar-refractivity contribution in [3.63, 3.8) is 0 Å². The van der Waals surface area contributed by atoms with Gasteiger partial charge < -0.3 is 9.64 Å². The lowest BCUT2D eigenvalue weighted by Gasteiger charge is -2.53. The molecule has 0 aromatic heterocycles. The first kappa shape index (κ1) is 10.4. The third-order valence-corrected chi connectivity index (χ3v) is 5.06. The molecule has 4 rings (SSSR count). The van der Waals surface area contributed by atoms with E-state index in [-0.39, 0.29) is 11.6 Å². The predicted molar refractivity (Wildman–Crippen MR) is 67.3 cm³/mol. The van der Waals surface area contributed by atoms with Crippen LogP contribution in [0.4, 0.5) is 0 Å². The van der Waals surface area contributed by atoms with Gasteiger partial charge in [-0.3, -0.25) is 4.79 Å². The second-order valence-electron chi connectivity index (χ2n) is 5.75. The van der Waals surface area contributed by atoms with Gasteiger partial charge in [-0.25, -0.2) is 0 Å². The molecular formula is C15H17NO2. The molecule has 0 N–H and O–H groups in total. The fourth-order valence-electron chi connectivity index (χ4n) is 4.19. The quantitative estimate of drug-likeness (QED) is 0.700. The lowest BCUT2D eigenvalue weighted by atomic mass is 9.73. The highest BCUT2D eigenvalue weighted by molar-refractivity contribution is 5.80. The van der Waals surface area contributed by atoms with Gasteiger partial charge in [-0.1, -0.05) is 18.2 Å². The number of hydrogen-bond donors (Lipinski definition) is 0. The van der Waals surface area contributed by atoms with Gasteiger partial charge in [0.1, 0.15) is 5.75 Å². The molecule has 1 aromatic rings. The van der Waals surface area contributed by atoms with Gasteiger partial charge in [0.25, 0.3) is 0 Å². The van der Waals surface area contributed by atoms with E-state index in [1.807, 2.05) is 30.1 Å². The van der Waals surface area contributed by atoms with Crippen LogP contribution in [0.5, 0.6) is 5.75 Å². The number of rotatable bonds is 0. The molecule has 2 fully saturated rings. The maximum Gasteiger partial charge on any atom is 0.226 e. The third kappa shape index (κ3) is 1.08. The molecule has 1 saturated heterocycles. The molecule has 2 aliphatic heterocycles. The minimum Gasteiger partial charge on any atom is -0.467 e. The highest BCUT2D eigenvalue weighted by Gasteiger charge is 2.59. The van der Waals surface area contributed by atoms with Crippen molar-refractivity contribution < 1.29 is 9.53 Å². The van der Waals surface area contributed by atoms with Crippen LogP contribution in [0.25, 0.3) is 0 Å². The van der Waals surface area contributed by atoms with Crippen LogP contribution < -0.4 is 4.74 Å². The number of likely N-dealkylation sites (tertiary alicyclic amines) is 1. The summed E-state index contributed by atoms with van der Waals surface area (Å²) in [5.74, 6) is 2.06. The number of ether oxygens (including phenoxy) is 1. The third-order valence-electron chi connectivity index (χ3n) is 5.06. The lowest BCUT2D eigenvalue weighted by Crippen LogP contribution is -2.63. The molecule has 18 heavy (non-hydrogen) atoms. The van der Waals surface area contributed by atoms with Gasteiger partial charge in [-0.15, -0.1) is 0 Å². The minimum absolute atomic E-state index is 0.229. The van der Waals surface area contributed by atoms with Gasteiger partial charge in [-0.05, 0) is 24.5 Å². The van der Waals surface area contributed by atoms with Gasteiger partial charge in [0.15, 0.2) is 5.72 Å². The number of fused-ring (bicyclic) bond motifs is 2. The minimum atomic E-state index is -0.353. The molecule has 2 bridgehead atoms. The predicted octanol–water partition coefficient (Wildman–Crippen LogP) is 2.52. The summed E-state index contributed by atoms with van der Waals surface area (Å²) >= 11 is 0. The van der Waals surface area contributed by atoms with E-state index in [4.69, 9.17) is 4.74 Å². The highest BCUT2D eigenvalue weighted by atomic mass is 16.5. The monoisotopic (exact) mass is 243 g/mol. The Labute approximate surface area is 107 Å². The standard InChI is InChI=1S/C15H17NO2/c1-16-14(17)9-11-10-5-2-3-7-13(10)18-15(16)8-4-6-12(11)15/h2-3,5,7,11-12H,4,6,8-9H2,1H3/t11-,12-,15+/m0/s1. The van der Waals surface area contributed by atoms with Crippen molar-refractivity contribution in [3.05, 3.63) is 29.8 Å². The van der Waals surface area contributed by atoms with Crippen LogP contribution in [0.3, 0.4) is 0 Å². The number of benzene rings is 1. The van der Waals surface area contributed by atoms with Crippen LogP contribution in [-0.2, 0) is 4.79 Å². The molecule has 0 radical (unpaired) electrons. The van der Waals surface area contributed by atoms with E-state index in [0.29, 0.717) is 18.3 Å². The smallest absolute Gasteiger partial charge is 0.226 e. The summed E-state index contributed by atoms with van der Waals surface area (Å²) in [6.07, 6.45) is 3.96. The average molecular weight is 243 g/mol. The summed E-state index contributed by atoms with van der Waals surface area (Å²) in [4.78, 5) is 14.1. The first-order valence-electron chi connectivity index (χ1n) is 6.77. The number of carbonyl (C=O) groups is 1. The summed E-state index contributed by atoms with van der Waals surface area (Å²) < 4.78 is 6.30. The van der Waals surface area contributed by atoms with E-state index in [1.54, 1.807) is 0 Å². The summed E-state index contributed by atoms with van der Waals surface area (Å²) in [6.45, 7) is 0. The van der Waals surface area contributed by atoms with E-state index in [9.17, 15) is 4.79 Å². The van der Waals surface area contributed by atoms with Gasteiger partial charge in [0, 0.05) is 31.7 Å². The van der Waals surface area contributed by atoms with Gasteiger partial charge in [0.2, 0.25) is 5.91 Å². The first-order chi connectivity index (χ1) is 8.72. The van der Waals surface area contributed by atoms with E-state index < -0.39 is 0 Å². The molecule has 3 aliphatic rings. The zero-order chi connectivity index (χ0) is 12.3. The molecule has 1 aromatic carbocycles. The van der Waals surface area contributed by atoms with E-state index >= 15 is 0 Å². The Bertz CT molecular complexity index is 527. The van der Waals surface area contributed by atoms with Crippen LogP contribution in [0.1, 0.15) is 37.2 Å². The van der Waals surface area contributed by atoms with Crippen molar-refractivity contribution in [1.82, 2.24) is 4.90 Å². The van der Waals surface area contributed by atoms with Gasteiger partial charge in [0.05, 0.1) is 0 Å². The molecule has 1 amide bonds. The zero-order valence-electron chi connectivity index (χ0n) is 10.6. The molecule has 2 heterocycles. The maximum absolute atomic E-state index is 12.2. The Morgan fingerprint density at radius 1 is 1.39 bits per heavy atom. The van der Waals surface area contributed by atoms with Crippen LogP contribution in [0.15, 0.2) is 24.3 Å². The Morgan fingerprint density at radius 2 is 2.22 bits per heavy atom. The number of nitrogens with zero attached hydrogens (tertiary/aromatic N) is 1. The molecule has 1 saturated carbocycles. The fourth-order valence-corrected chi connectivity index (χ4v) is 4.19. The number of hydrogen-bond acceptors (Lipinski definition) is 2. The Morgan fingerprint density at radius 3 is 3.11 bits per heavy atom. The van der Waals surface area contributed by atoms with Crippen molar-refractivity contribution in [2.24, 2.45) is 5.92 Å². The Balaban J connectivity index is 1.93. The van der Waals surface area contributed by atoms with Crippen molar-refractivity contribution in [2.45, 2.75) is 37.3 Å². The second kappa shape index (κ2) is 3.28. The van der Waals surface area contributed by atoms with E-state index in [1.165, 1.54) is 12.0 Å². The molecular weight excluding hydrogens is 226 g/mol. The summed E-state index contributed by atoms with van der Waals surface area (Å²) in [7, 11) is 1.91. The van der Waals surface area contributed by atoms with Crippen LogP contribution in [0.2, 0.25) is 0 Å². The van der Waals surface area contributed by atoms with Crippen molar-refractivity contribution in [3.8, 4) is 5.75 Å². The van der Waals surface area contributed by atoms with Crippen LogP contribution >= 0.6 is 0 Å². The summed E-state index contributed by atoms with van der Waals surface area (Å²) in [5, 5.41) is 0. The molecule has 94 valence electrons. The van der Waals surface area contributed by atoms with Crippen LogP contribution in [0, 0.1) is 5.92 Å². The second-order valence-corrected chi connectivity index (χ2v) is 5.75. The first-order valence-corrected chi connectivity index (χ1v) is 6.77. The largest absolute Gasteiger partial charge is 0.467 e. The number of para-hydroxylation sites is 1. The molecule has 3 atom stereocenters. The van der Waals surface area contributed by atoms with Gasteiger partial charge >= 0.3 is 0 Å². The lowest BCUT2D eigenvalue weighted by molar-refractivity contribution is -0.175. The SMILES string of the molecule is CN1C(=O)C[C@H]2c3ccccc3O[C@@]13CCC[C@@H]23. The van der Waals surface area contributed by atoms with E-state index in [2.05, 4.69) is 6.07 Å². The van der Waals surface area contributed by atoms with E-state index in [0.717, 1.165) is 18.6 Å². The summed E-state index contributed by atoms with van der Waals surface area (Å²) in [6, 6.07) is 8.23. The normalized spacial score (nSPS) is 36.9. The van der Waals surface area contributed by atoms with Crippen molar-refractivity contribution in [1.29, 1.82) is 0 Å². The number of carbonyl (C=O) groups excluding carboxylic acids is 1. The van der Waals surface area contributed by atoms with Crippen molar-refractivity contribution >= 4 is 5.91 Å². The Kier molecular flexibility index (Phi) is 1.90. The highest BCUT2D eigenvalue weighted by Crippen LogP contribution is 2.57. The molecule has 1 aliphatic carbocycles. The topological polar surface area (TPSA) is 29.5 Å². The fraction of sp³-hybridized carbons (Fsp3) is 0.533. The number of amides is 1. The van der Waals surface area contributed by atoms with Crippen LogP contribution in [-0.4, -0.2) is 23.6 Å². The summed E-state index contributed by atoms with van der Waals surface area (Å²) in [5.41, 5.74) is 0.885. The molecule has 0 spiro atoms. The zero-order valence-corrected chi connectivity index (χ0v) is 10.6. The molecule has 3 heteroatoms. The van der Waals surface area contributed by atoms with Crippen molar-refractivity contribution in [2.75, 3.05) is 7.05 Å². The maximum atomic E-state index is 12.2.